The van der Waals surface area contributed by atoms with E-state index in [0.29, 0.717) is 17.0 Å². The Labute approximate surface area is 181 Å². The molecule has 1 N–H and O–H groups in total. The first kappa shape index (κ1) is 20.8. The number of aliphatic hydroxyl groups excluding tert-OH is 1. The van der Waals surface area contributed by atoms with Crippen molar-refractivity contribution in [2.24, 2.45) is 0 Å². The lowest BCUT2D eigenvalue weighted by Gasteiger charge is -2.18. The van der Waals surface area contributed by atoms with Gasteiger partial charge in [-0.2, -0.15) is 5.10 Å². The summed E-state index contributed by atoms with van der Waals surface area (Å²) in [5.41, 5.74) is 2.50. The number of aromatic nitrogens is 2. The number of hydrogen-bond acceptors (Lipinski definition) is 4. The zero-order valence-corrected chi connectivity index (χ0v) is 17.7. The van der Waals surface area contributed by atoms with Gasteiger partial charge in [0.2, 0.25) is 0 Å². The molecule has 0 radical (unpaired) electrons. The third-order valence-electron chi connectivity index (χ3n) is 5.27. The normalized spacial score (nSPS) is 12.3. The van der Waals surface area contributed by atoms with Crippen LogP contribution in [-0.2, 0) is 6.54 Å². The fourth-order valence-electron chi connectivity index (χ4n) is 3.70. The lowest BCUT2D eigenvalue weighted by atomic mass is 10.0. The van der Waals surface area contributed by atoms with Crippen LogP contribution in [0, 0.1) is 0 Å². The number of rotatable bonds is 7. The van der Waals surface area contributed by atoms with Crippen LogP contribution in [0.5, 0.6) is 5.75 Å². The van der Waals surface area contributed by atoms with Crippen molar-refractivity contribution in [3.63, 3.8) is 0 Å². The maximum Gasteiger partial charge on any atom is 0.274 e. The molecule has 0 aliphatic carbocycles. The standard InChI is InChI=1S/C26H26N2O3/c1-18(2)21-12-8-9-15-24(21)31-17-20(29)16-28-26(30)23-14-7-6-13-22(23)25(27-28)19-10-4-3-5-11-19/h3-15,18,20,29H,16-17H2,1-2H3. The first-order valence-electron chi connectivity index (χ1n) is 10.5. The van der Waals surface area contributed by atoms with Crippen molar-refractivity contribution >= 4 is 10.8 Å². The van der Waals surface area contributed by atoms with Crippen molar-refractivity contribution in [3.05, 3.63) is 94.8 Å². The van der Waals surface area contributed by atoms with Gasteiger partial charge >= 0.3 is 0 Å². The Morgan fingerprint density at radius 2 is 1.55 bits per heavy atom. The molecule has 3 aromatic carbocycles. The number of fused-ring (bicyclic) bond motifs is 1. The topological polar surface area (TPSA) is 64.3 Å². The average Bonchev–Trinajstić information content (AvgIpc) is 2.80. The highest BCUT2D eigenvalue weighted by Crippen LogP contribution is 2.26. The second-order valence-electron chi connectivity index (χ2n) is 7.90. The van der Waals surface area contributed by atoms with Crippen LogP contribution in [0.25, 0.3) is 22.0 Å². The number of para-hydroxylation sites is 1. The van der Waals surface area contributed by atoms with Crippen LogP contribution in [0.2, 0.25) is 0 Å². The lowest BCUT2D eigenvalue weighted by Crippen LogP contribution is -2.32. The van der Waals surface area contributed by atoms with E-state index in [1.54, 1.807) is 6.07 Å². The SMILES string of the molecule is CC(C)c1ccccc1OCC(O)Cn1nc(-c2ccccc2)c2ccccc2c1=O. The summed E-state index contributed by atoms with van der Waals surface area (Å²) in [5.74, 6) is 1.06. The van der Waals surface area contributed by atoms with Gasteiger partial charge in [0.15, 0.2) is 0 Å². The zero-order chi connectivity index (χ0) is 21.8. The van der Waals surface area contributed by atoms with Crippen LogP contribution in [0.1, 0.15) is 25.3 Å². The fourth-order valence-corrected chi connectivity index (χ4v) is 3.70. The Hall–Kier alpha value is -3.44. The first-order chi connectivity index (χ1) is 15.0. The van der Waals surface area contributed by atoms with Gasteiger partial charge in [0.25, 0.3) is 5.56 Å². The second kappa shape index (κ2) is 9.14. The number of aliphatic hydroxyl groups is 1. The Kier molecular flexibility index (Phi) is 6.14. The van der Waals surface area contributed by atoms with Gasteiger partial charge in [0.1, 0.15) is 18.5 Å². The molecule has 0 aliphatic heterocycles. The first-order valence-corrected chi connectivity index (χ1v) is 10.5. The molecule has 1 unspecified atom stereocenters. The zero-order valence-electron chi connectivity index (χ0n) is 17.7. The van der Waals surface area contributed by atoms with Crippen LogP contribution < -0.4 is 10.3 Å². The van der Waals surface area contributed by atoms with Crippen LogP contribution >= 0.6 is 0 Å². The Morgan fingerprint density at radius 3 is 2.29 bits per heavy atom. The summed E-state index contributed by atoms with van der Waals surface area (Å²) in [4.78, 5) is 13.0. The van der Waals surface area contributed by atoms with Crippen molar-refractivity contribution in [2.75, 3.05) is 6.61 Å². The van der Waals surface area contributed by atoms with E-state index in [9.17, 15) is 9.90 Å². The summed E-state index contributed by atoms with van der Waals surface area (Å²) in [6.07, 6.45) is -0.879. The molecule has 4 aromatic rings. The maximum atomic E-state index is 13.0. The van der Waals surface area contributed by atoms with E-state index >= 15 is 0 Å². The number of benzene rings is 3. The molecule has 1 heterocycles. The molecule has 1 atom stereocenters. The van der Waals surface area contributed by atoms with E-state index in [2.05, 4.69) is 18.9 Å². The molecule has 0 amide bonds. The number of ether oxygens (including phenoxy) is 1. The summed E-state index contributed by atoms with van der Waals surface area (Å²) in [7, 11) is 0. The van der Waals surface area contributed by atoms with Gasteiger partial charge in [0, 0.05) is 10.9 Å². The predicted octanol–water partition coefficient (Wildman–Crippen LogP) is 4.63. The molecular formula is C26H26N2O3. The van der Waals surface area contributed by atoms with E-state index in [4.69, 9.17) is 4.74 Å². The van der Waals surface area contributed by atoms with E-state index in [-0.39, 0.29) is 18.7 Å². The van der Waals surface area contributed by atoms with Gasteiger partial charge in [-0.3, -0.25) is 4.79 Å². The number of nitrogens with zero attached hydrogens (tertiary/aromatic N) is 2. The molecule has 0 saturated heterocycles. The molecule has 4 rings (SSSR count). The van der Waals surface area contributed by atoms with Gasteiger partial charge in [-0.25, -0.2) is 4.68 Å². The van der Waals surface area contributed by atoms with E-state index in [1.165, 1.54) is 4.68 Å². The van der Waals surface area contributed by atoms with Gasteiger partial charge < -0.3 is 9.84 Å². The van der Waals surface area contributed by atoms with Crippen LogP contribution in [0.3, 0.4) is 0 Å². The summed E-state index contributed by atoms with van der Waals surface area (Å²) in [6, 6.07) is 25.0. The summed E-state index contributed by atoms with van der Waals surface area (Å²) in [6.45, 7) is 4.32. The highest BCUT2D eigenvalue weighted by atomic mass is 16.5. The molecule has 0 spiro atoms. The summed E-state index contributed by atoms with van der Waals surface area (Å²) in [5, 5.41) is 16.6. The van der Waals surface area contributed by atoms with Crippen molar-refractivity contribution in [1.29, 1.82) is 0 Å². The minimum absolute atomic E-state index is 0.0490. The Balaban J connectivity index is 1.61. The van der Waals surface area contributed by atoms with E-state index < -0.39 is 6.10 Å². The molecule has 0 bridgehead atoms. The van der Waals surface area contributed by atoms with Gasteiger partial charge in [-0.15, -0.1) is 0 Å². The Bertz CT molecular complexity index is 1230. The molecule has 0 fully saturated rings. The smallest absolute Gasteiger partial charge is 0.274 e. The van der Waals surface area contributed by atoms with Gasteiger partial charge in [0.05, 0.1) is 17.6 Å². The molecule has 31 heavy (non-hydrogen) atoms. The van der Waals surface area contributed by atoms with E-state index in [1.807, 2.05) is 72.8 Å². The third-order valence-corrected chi connectivity index (χ3v) is 5.27. The average molecular weight is 415 g/mol. The molecule has 5 heteroatoms. The van der Waals surface area contributed by atoms with Gasteiger partial charge in [-0.05, 0) is 23.6 Å². The molecule has 158 valence electrons. The lowest BCUT2D eigenvalue weighted by molar-refractivity contribution is 0.0876. The minimum Gasteiger partial charge on any atom is -0.491 e. The third kappa shape index (κ3) is 4.52. The van der Waals surface area contributed by atoms with Crippen molar-refractivity contribution in [2.45, 2.75) is 32.4 Å². The molecule has 1 aromatic heterocycles. The quantitative estimate of drug-likeness (QED) is 0.479. The van der Waals surface area contributed by atoms with Gasteiger partial charge in [-0.1, -0.05) is 80.6 Å². The number of hydrogen-bond donors (Lipinski definition) is 1. The van der Waals surface area contributed by atoms with Crippen LogP contribution in [0.15, 0.2) is 83.7 Å². The predicted molar refractivity (Wildman–Crippen MR) is 123 cm³/mol. The Morgan fingerprint density at radius 1 is 0.903 bits per heavy atom. The van der Waals surface area contributed by atoms with Crippen LogP contribution in [-0.4, -0.2) is 27.6 Å². The molecule has 5 nitrogen and oxygen atoms in total. The summed E-state index contributed by atoms with van der Waals surface area (Å²) < 4.78 is 7.22. The molecular weight excluding hydrogens is 388 g/mol. The highest BCUT2D eigenvalue weighted by molar-refractivity contribution is 5.93. The fraction of sp³-hybridized carbons (Fsp3) is 0.231. The second-order valence-corrected chi connectivity index (χ2v) is 7.90. The van der Waals surface area contributed by atoms with Crippen LogP contribution in [0.4, 0.5) is 0 Å². The maximum absolute atomic E-state index is 13.0. The van der Waals surface area contributed by atoms with Crippen molar-refractivity contribution in [1.82, 2.24) is 9.78 Å². The summed E-state index contributed by atoms with van der Waals surface area (Å²) >= 11 is 0. The largest absolute Gasteiger partial charge is 0.491 e. The molecule has 0 saturated carbocycles. The highest BCUT2D eigenvalue weighted by Gasteiger charge is 2.16. The van der Waals surface area contributed by atoms with E-state index in [0.717, 1.165) is 22.3 Å². The monoisotopic (exact) mass is 414 g/mol. The van der Waals surface area contributed by atoms with Crippen molar-refractivity contribution in [3.8, 4) is 17.0 Å². The minimum atomic E-state index is -0.879. The molecule has 0 aliphatic rings. The van der Waals surface area contributed by atoms with Crippen molar-refractivity contribution < 1.29 is 9.84 Å².